The number of carboxylic acid groups (broad SMARTS) is 1. The Morgan fingerprint density at radius 2 is 1.95 bits per heavy atom. The molecule has 0 aliphatic carbocycles. The molecular formula is C27H25N7O4. The fourth-order valence-electron chi connectivity index (χ4n) is 4.13. The van der Waals surface area contributed by atoms with Crippen LogP contribution in [0.5, 0.6) is 5.88 Å². The maximum absolute atomic E-state index is 11.7. The van der Waals surface area contributed by atoms with Crippen molar-refractivity contribution in [1.82, 2.24) is 19.9 Å². The summed E-state index contributed by atoms with van der Waals surface area (Å²) in [6.45, 7) is 4.29. The van der Waals surface area contributed by atoms with Crippen molar-refractivity contribution in [2.24, 2.45) is 0 Å². The average molecular weight is 512 g/mol. The summed E-state index contributed by atoms with van der Waals surface area (Å²) in [6, 6.07) is 16.9. The molecule has 4 aromatic rings. The number of pyridine rings is 1. The van der Waals surface area contributed by atoms with Crippen LogP contribution in [0.4, 0.5) is 27.9 Å². The third-order valence-electron chi connectivity index (χ3n) is 6.04. The van der Waals surface area contributed by atoms with Gasteiger partial charge in [-0.3, -0.25) is 4.79 Å². The molecule has 2 aromatic carbocycles. The van der Waals surface area contributed by atoms with E-state index in [0.717, 1.165) is 22.0 Å². The predicted octanol–water partition coefficient (Wildman–Crippen LogP) is 4.34. The molecule has 5 rings (SSSR count). The molecule has 0 bridgehead atoms. The van der Waals surface area contributed by atoms with Gasteiger partial charge in [0.1, 0.15) is 11.5 Å². The number of rotatable bonds is 8. The fourth-order valence-corrected chi connectivity index (χ4v) is 4.13. The number of para-hydroxylation sites is 1. The van der Waals surface area contributed by atoms with E-state index in [0.29, 0.717) is 42.1 Å². The lowest BCUT2D eigenvalue weighted by atomic mass is 10.0. The molecule has 11 heteroatoms. The SMILES string of the molecule is C=CC(=O)Nc1cccc(-c2cccc3cnc(Nc4ccc(NC5CN(C(=O)O)C5)nc4OC)nc23)c1. The Bertz CT molecular complexity index is 1540. The number of ether oxygens (including phenoxy) is 1. The van der Waals surface area contributed by atoms with Gasteiger partial charge in [0.05, 0.1) is 18.7 Å². The second-order valence-electron chi connectivity index (χ2n) is 8.62. The third kappa shape index (κ3) is 5.16. The summed E-state index contributed by atoms with van der Waals surface area (Å²) in [4.78, 5) is 37.7. The number of benzene rings is 2. The molecular weight excluding hydrogens is 486 g/mol. The average Bonchev–Trinajstić information content (AvgIpc) is 2.90. The van der Waals surface area contributed by atoms with E-state index in [2.05, 4.69) is 32.5 Å². The number of likely N-dealkylation sites (tertiary alicyclic amines) is 1. The lowest BCUT2D eigenvalue weighted by molar-refractivity contribution is -0.111. The number of carbonyl (C=O) groups excluding carboxylic acids is 1. The number of nitrogens with one attached hydrogen (secondary N) is 3. The number of nitrogens with zero attached hydrogens (tertiary/aromatic N) is 4. The lowest BCUT2D eigenvalue weighted by Crippen LogP contribution is -2.56. The minimum absolute atomic E-state index is 0.00653. The standard InChI is InChI=1S/C27H25N7O4/c1-3-23(35)30-18-8-4-6-16(12-18)20-9-5-7-17-13-28-26(33-24(17)20)31-21-10-11-22(32-25(21)38-2)29-19-14-34(15-19)27(36)37/h3-13,19H,1,14-15H2,2H3,(H,29,32)(H,30,35)(H,36,37)(H,28,31,33). The van der Waals surface area contributed by atoms with Gasteiger partial charge in [0.2, 0.25) is 17.7 Å². The Labute approximate surface area is 218 Å². The number of hydrogen-bond acceptors (Lipinski definition) is 8. The Morgan fingerprint density at radius 1 is 1.13 bits per heavy atom. The summed E-state index contributed by atoms with van der Waals surface area (Å²) >= 11 is 0. The van der Waals surface area contributed by atoms with Gasteiger partial charge in [-0.25, -0.2) is 14.8 Å². The molecule has 1 aliphatic heterocycles. The van der Waals surface area contributed by atoms with E-state index in [1.165, 1.54) is 18.1 Å². The van der Waals surface area contributed by atoms with E-state index in [1.54, 1.807) is 18.3 Å². The van der Waals surface area contributed by atoms with Gasteiger partial charge in [-0.1, -0.05) is 36.9 Å². The molecule has 2 aromatic heterocycles. The molecule has 1 aliphatic rings. The van der Waals surface area contributed by atoms with Gasteiger partial charge in [0.15, 0.2) is 0 Å². The van der Waals surface area contributed by atoms with Crippen molar-refractivity contribution >= 4 is 46.0 Å². The summed E-state index contributed by atoms with van der Waals surface area (Å²) in [6.07, 6.45) is 2.03. The summed E-state index contributed by atoms with van der Waals surface area (Å²) < 4.78 is 5.47. The third-order valence-corrected chi connectivity index (χ3v) is 6.04. The largest absolute Gasteiger partial charge is 0.479 e. The number of methoxy groups -OCH3 is 1. The van der Waals surface area contributed by atoms with E-state index in [1.807, 2.05) is 42.5 Å². The second-order valence-corrected chi connectivity index (χ2v) is 8.62. The van der Waals surface area contributed by atoms with Crippen molar-refractivity contribution in [1.29, 1.82) is 0 Å². The Morgan fingerprint density at radius 3 is 2.71 bits per heavy atom. The van der Waals surface area contributed by atoms with Crippen LogP contribution in [0.1, 0.15) is 0 Å². The predicted molar refractivity (Wildman–Crippen MR) is 145 cm³/mol. The minimum atomic E-state index is -0.932. The summed E-state index contributed by atoms with van der Waals surface area (Å²) in [7, 11) is 1.52. The molecule has 0 spiro atoms. The van der Waals surface area contributed by atoms with Gasteiger partial charge in [-0.15, -0.1) is 0 Å². The highest BCUT2D eigenvalue weighted by molar-refractivity contribution is 6.00. The molecule has 0 radical (unpaired) electrons. The van der Waals surface area contributed by atoms with Crippen LogP contribution in [0.25, 0.3) is 22.0 Å². The van der Waals surface area contributed by atoms with Gasteiger partial charge >= 0.3 is 6.09 Å². The highest BCUT2D eigenvalue weighted by Gasteiger charge is 2.30. The van der Waals surface area contributed by atoms with E-state index < -0.39 is 6.09 Å². The zero-order chi connectivity index (χ0) is 26.6. The van der Waals surface area contributed by atoms with Crippen molar-refractivity contribution in [3.05, 3.63) is 73.4 Å². The Hall–Kier alpha value is -5.19. The molecule has 1 fully saturated rings. The fraction of sp³-hybridized carbons (Fsp3) is 0.148. The van der Waals surface area contributed by atoms with Gasteiger partial charge in [0, 0.05) is 35.9 Å². The van der Waals surface area contributed by atoms with Crippen LogP contribution in [-0.2, 0) is 4.79 Å². The van der Waals surface area contributed by atoms with Crippen molar-refractivity contribution in [3.8, 4) is 17.0 Å². The Kier molecular flexibility index (Phi) is 6.72. The molecule has 1 saturated heterocycles. The normalized spacial score (nSPS) is 12.9. The zero-order valence-corrected chi connectivity index (χ0v) is 20.5. The van der Waals surface area contributed by atoms with Gasteiger partial charge in [0.25, 0.3) is 0 Å². The first-order chi connectivity index (χ1) is 18.4. The molecule has 2 amide bonds. The zero-order valence-electron chi connectivity index (χ0n) is 20.5. The van der Waals surface area contributed by atoms with Crippen molar-refractivity contribution in [2.75, 3.05) is 36.1 Å². The topological polar surface area (TPSA) is 142 Å². The van der Waals surface area contributed by atoms with Gasteiger partial charge in [-0.05, 0) is 35.9 Å². The number of carbonyl (C=O) groups is 2. The van der Waals surface area contributed by atoms with E-state index >= 15 is 0 Å². The highest BCUT2D eigenvalue weighted by atomic mass is 16.5. The summed E-state index contributed by atoms with van der Waals surface area (Å²) in [5.74, 6) is 0.991. The molecule has 4 N–H and O–H groups in total. The molecule has 0 saturated carbocycles. The minimum Gasteiger partial charge on any atom is -0.479 e. The molecule has 192 valence electrons. The van der Waals surface area contributed by atoms with E-state index in [4.69, 9.17) is 14.8 Å². The van der Waals surface area contributed by atoms with Crippen LogP contribution in [0.2, 0.25) is 0 Å². The van der Waals surface area contributed by atoms with Crippen LogP contribution in [0.3, 0.4) is 0 Å². The summed E-state index contributed by atoms with van der Waals surface area (Å²) in [5.41, 5.74) is 3.72. The van der Waals surface area contributed by atoms with E-state index in [9.17, 15) is 9.59 Å². The summed E-state index contributed by atoms with van der Waals surface area (Å²) in [5, 5.41) is 19.0. The van der Waals surface area contributed by atoms with Gasteiger partial charge < -0.3 is 30.7 Å². The first kappa shape index (κ1) is 24.5. The monoisotopic (exact) mass is 511 g/mol. The molecule has 11 nitrogen and oxygen atoms in total. The second kappa shape index (κ2) is 10.4. The van der Waals surface area contributed by atoms with Crippen molar-refractivity contribution in [2.45, 2.75) is 6.04 Å². The van der Waals surface area contributed by atoms with Crippen LogP contribution in [-0.4, -0.2) is 63.2 Å². The first-order valence-corrected chi connectivity index (χ1v) is 11.8. The maximum atomic E-state index is 11.7. The smallest absolute Gasteiger partial charge is 0.407 e. The number of fused-ring (bicyclic) bond motifs is 1. The highest BCUT2D eigenvalue weighted by Crippen LogP contribution is 2.31. The first-order valence-electron chi connectivity index (χ1n) is 11.8. The van der Waals surface area contributed by atoms with Crippen molar-refractivity contribution in [3.63, 3.8) is 0 Å². The quantitative estimate of drug-likeness (QED) is 0.254. The maximum Gasteiger partial charge on any atom is 0.407 e. The van der Waals surface area contributed by atoms with E-state index in [-0.39, 0.29) is 11.9 Å². The van der Waals surface area contributed by atoms with Crippen LogP contribution >= 0.6 is 0 Å². The number of aromatic nitrogens is 3. The van der Waals surface area contributed by atoms with Crippen molar-refractivity contribution < 1.29 is 19.4 Å². The van der Waals surface area contributed by atoms with Crippen LogP contribution in [0.15, 0.2) is 73.4 Å². The molecule has 3 heterocycles. The lowest BCUT2D eigenvalue weighted by Gasteiger charge is -2.37. The molecule has 0 unspecified atom stereocenters. The number of hydrogen-bond donors (Lipinski definition) is 4. The van der Waals surface area contributed by atoms with Crippen LogP contribution < -0.4 is 20.7 Å². The number of anilines is 4. The molecule has 38 heavy (non-hydrogen) atoms. The van der Waals surface area contributed by atoms with Gasteiger partial charge in [-0.2, -0.15) is 4.98 Å². The van der Waals surface area contributed by atoms with Crippen LogP contribution in [0, 0.1) is 0 Å². The molecule has 0 atom stereocenters. The number of amides is 2. The Balaban J connectivity index is 1.39.